The zero-order chi connectivity index (χ0) is 16.5. The molecule has 0 spiro atoms. The third-order valence-electron chi connectivity index (χ3n) is 3.18. The van der Waals surface area contributed by atoms with Gasteiger partial charge in [-0.25, -0.2) is 0 Å². The molecule has 2 rings (SSSR count). The van der Waals surface area contributed by atoms with Crippen molar-refractivity contribution < 1.29 is 14.3 Å². The number of carbonyl (C=O) groups is 1. The fourth-order valence-electron chi connectivity index (χ4n) is 2.07. The first kappa shape index (κ1) is 17.1. The Morgan fingerprint density at radius 3 is 2.87 bits per heavy atom. The van der Waals surface area contributed by atoms with E-state index in [1.54, 1.807) is 18.4 Å². The average Bonchev–Trinajstić information content (AvgIpc) is 3.07. The summed E-state index contributed by atoms with van der Waals surface area (Å²) in [7, 11) is 1.59. The summed E-state index contributed by atoms with van der Waals surface area (Å²) in [6, 6.07) is 9.68. The van der Waals surface area contributed by atoms with E-state index in [-0.39, 0.29) is 12.5 Å². The Hall–Kier alpha value is -2.27. The van der Waals surface area contributed by atoms with Crippen LogP contribution in [-0.2, 0) is 11.2 Å². The minimum absolute atomic E-state index is 0.0240. The van der Waals surface area contributed by atoms with E-state index in [1.807, 2.05) is 48.7 Å². The number of rotatable bonds is 8. The van der Waals surface area contributed by atoms with Crippen LogP contribution in [0, 0.1) is 0 Å². The van der Waals surface area contributed by atoms with Crippen molar-refractivity contribution in [2.45, 2.75) is 13.3 Å². The molecule has 1 aromatic heterocycles. The molecule has 0 saturated heterocycles. The van der Waals surface area contributed by atoms with Gasteiger partial charge in [0.15, 0.2) is 18.1 Å². The molecular weight excluding hydrogens is 310 g/mol. The van der Waals surface area contributed by atoms with Crippen LogP contribution in [0.2, 0.25) is 0 Å². The van der Waals surface area contributed by atoms with Gasteiger partial charge in [0.25, 0.3) is 5.91 Å². The van der Waals surface area contributed by atoms with Gasteiger partial charge in [-0.15, -0.1) is 11.3 Å². The first-order chi connectivity index (χ1) is 11.2. The van der Waals surface area contributed by atoms with Crippen molar-refractivity contribution in [2.75, 3.05) is 20.3 Å². The van der Waals surface area contributed by atoms with Crippen molar-refractivity contribution in [2.24, 2.45) is 0 Å². The lowest BCUT2D eigenvalue weighted by Crippen LogP contribution is -2.30. The van der Waals surface area contributed by atoms with Crippen LogP contribution in [0.5, 0.6) is 11.5 Å². The third-order valence-corrected chi connectivity index (χ3v) is 4.12. The number of ether oxygens (including phenoxy) is 2. The number of amides is 1. The van der Waals surface area contributed by atoms with Gasteiger partial charge in [-0.3, -0.25) is 4.79 Å². The fraction of sp³-hybridized carbons (Fsp3) is 0.278. The van der Waals surface area contributed by atoms with Crippen LogP contribution in [0.4, 0.5) is 0 Å². The fourth-order valence-corrected chi connectivity index (χ4v) is 2.78. The standard InChI is InChI=1S/C18H21NO3S/c1-3-5-14-7-8-16(17(12-14)21-2)22-13-18(20)19-10-9-15-6-4-11-23-15/h3-8,11-12H,9-10,13H2,1-2H3,(H,19,20). The van der Waals surface area contributed by atoms with Gasteiger partial charge in [-0.05, 0) is 42.5 Å². The molecule has 0 radical (unpaired) electrons. The lowest BCUT2D eigenvalue weighted by atomic mass is 10.2. The van der Waals surface area contributed by atoms with Gasteiger partial charge in [0.2, 0.25) is 0 Å². The maximum Gasteiger partial charge on any atom is 0.257 e. The summed E-state index contributed by atoms with van der Waals surface area (Å²) in [5.74, 6) is 1.04. The van der Waals surface area contributed by atoms with E-state index in [4.69, 9.17) is 9.47 Å². The van der Waals surface area contributed by atoms with Crippen LogP contribution < -0.4 is 14.8 Å². The zero-order valence-electron chi connectivity index (χ0n) is 13.4. The summed E-state index contributed by atoms with van der Waals surface area (Å²) in [5.41, 5.74) is 1.03. The first-order valence-corrected chi connectivity index (χ1v) is 8.33. The second kappa shape index (κ2) is 9.00. The summed E-state index contributed by atoms with van der Waals surface area (Å²) >= 11 is 1.69. The Morgan fingerprint density at radius 2 is 2.17 bits per heavy atom. The van der Waals surface area contributed by atoms with Gasteiger partial charge in [0, 0.05) is 11.4 Å². The van der Waals surface area contributed by atoms with Crippen LogP contribution in [0.25, 0.3) is 6.08 Å². The number of thiophene rings is 1. The molecule has 0 aliphatic carbocycles. The molecule has 2 aromatic rings. The Balaban J connectivity index is 1.81. The van der Waals surface area contributed by atoms with Crippen molar-refractivity contribution >= 4 is 23.3 Å². The van der Waals surface area contributed by atoms with Crippen LogP contribution in [0.15, 0.2) is 41.8 Å². The highest BCUT2D eigenvalue weighted by atomic mass is 32.1. The molecule has 1 aromatic carbocycles. The molecule has 5 heteroatoms. The molecule has 23 heavy (non-hydrogen) atoms. The topological polar surface area (TPSA) is 47.6 Å². The highest BCUT2D eigenvalue weighted by molar-refractivity contribution is 7.09. The van der Waals surface area contributed by atoms with Crippen LogP contribution in [0.3, 0.4) is 0 Å². The van der Waals surface area contributed by atoms with Gasteiger partial charge in [0.05, 0.1) is 7.11 Å². The number of allylic oxidation sites excluding steroid dienone is 1. The van der Waals surface area contributed by atoms with Gasteiger partial charge < -0.3 is 14.8 Å². The molecule has 0 bridgehead atoms. The summed E-state index contributed by atoms with van der Waals surface area (Å²) in [5, 5.41) is 4.88. The second-order valence-electron chi connectivity index (χ2n) is 4.88. The highest BCUT2D eigenvalue weighted by Crippen LogP contribution is 2.28. The van der Waals surface area contributed by atoms with E-state index in [0.717, 1.165) is 12.0 Å². The summed E-state index contributed by atoms with van der Waals surface area (Å²) in [6.07, 6.45) is 4.77. The first-order valence-electron chi connectivity index (χ1n) is 7.45. The molecule has 0 fully saturated rings. The molecule has 0 aliphatic heterocycles. The van der Waals surface area contributed by atoms with E-state index in [2.05, 4.69) is 11.4 Å². The molecule has 0 atom stereocenters. The molecule has 4 nitrogen and oxygen atoms in total. The molecule has 1 N–H and O–H groups in total. The van der Waals surface area contributed by atoms with Gasteiger partial charge in [-0.1, -0.05) is 24.3 Å². The quantitative estimate of drug-likeness (QED) is 0.805. The third kappa shape index (κ3) is 5.45. The lowest BCUT2D eigenvalue weighted by molar-refractivity contribution is -0.123. The van der Waals surface area contributed by atoms with Gasteiger partial charge >= 0.3 is 0 Å². The molecule has 0 saturated carbocycles. The maximum absolute atomic E-state index is 11.8. The van der Waals surface area contributed by atoms with Crippen molar-refractivity contribution in [3.05, 3.63) is 52.2 Å². The monoisotopic (exact) mass is 331 g/mol. The van der Waals surface area contributed by atoms with Crippen LogP contribution >= 0.6 is 11.3 Å². The maximum atomic E-state index is 11.8. The molecule has 1 amide bonds. The normalized spacial score (nSPS) is 10.7. The van der Waals surface area contributed by atoms with E-state index in [1.165, 1.54) is 4.88 Å². The molecule has 0 aliphatic rings. The van der Waals surface area contributed by atoms with Crippen molar-refractivity contribution in [3.8, 4) is 11.5 Å². The lowest BCUT2D eigenvalue weighted by Gasteiger charge is -2.11. The number of benzene rings is 1. The van der Waals surface area contributed by atoms with E-state index in [9.17, 15) is 4.79 Å². The number of hydrogen-bond donors (Lipinski definition) is 1. The summed E-state index contributed by atoms with van der Waals surface area (Å²) < 4.78 is 10.9. The van der Waals surface area contributed by atoms with Crippen molar-refractivity contribution in [1.29, 1.82) is 0 Å². The highest BCUT2D eigenvalue weighted by Gasteiger charge is 2.08. The average molecular weight is 331 g/mol. The van der Waals surface area contributed by atoms with Crippen molar-refractivity contribution in [1.82, 2.24) is 5.32 Å². The zero-order valence-corrected chi connectivity index (χ0v) is 14.2. The summed E-state index contributed by atoms with van der Waals surface area (Å²) in [6.45, 7) is 2.54. The van der Waals surface area contributed by atoms with Crippen LogP contribution in [-0.4, -0.2) is 26.2 Å². The predicted octanol–water partition coefficient (Wildman–Crippen LogP) is 3.53. The van der Waals surface area contributed by atoms with Gasteiger partial charge in [0.1, 0.15) is 0 Å². The Bertz CT molecular complexity index is 650. The molecule has 122 valence electrons. The van der Waals surface area contributed by atoms with Gasteiger partial charge in [-0.2, -0.15) is 0 Å². The van der Waals surface area contributed by atoms with E-state index < -0.39 is 0 Å². The van der Waals surface area contributed by atoms with Crippen LogP contribution in [0.1, 0.15) is 17.4 Å². The van der Waals surface area contributed by atoms with Crippen molar-refractivity contribution in [3.63, 3.8) is 0 Å². The Labute approximate surface area is 140 Å². The molecule has 0 unspecified atom stereocenters. The smallest absolute Gasteiger partial charge is 0.257 e. The van der Waals surface area contributed by atoms with E-state index in [0.29, 0.717) is 18.0 Å². The SMILES string of the molecule is CC=Cc1ccc(OCC(=O)NCCc2cccs2)c(OC)c1. The molecule has 1 heterocycles. The largest absolute Gasteiger partial charge is 0.493 e. The predicted molar refractivity (Wildman–Crippen MR) is 94.2 cm³/mol. The Morgan fingerprint density at radius 1 is 1.30 bits per heavy atom. The van der Waals surface area contributed by atoms with E-state index >= 15 is 0 Å². The minimum Gasteiger partial charge on any atom is -0.493 e. The minimum atomic E-state index is -0.138. The molecular formula is C18H21NO3S. The summed E-state index contributed by atoms with van der Waals surface area (Å²) in [4.78, 5) is 13.1. The second-order valence-corrected chi connectivity index (χ2v) is 5.91. The number of methoxy groups -OCH3 is 1. The Kier molecular flexibility index (Phi) is 6.69. The number of nitrogens with one attached hydrogen (secondary N) is 1. The number of hydrogen-bond acceptors (Lipinski definition) is 4. The number of carbonyl (C=O) groups excluding carboxylic acids is 1.